The molecule has 2 aromatic carbocycles. The van der Waals surface area contributed by atoms with E-state index in [4.69, 9.17) is 9.47 Å². The standard InChI is InChI=1S/C27H37NO5S/c1-6-33-27(29)24-11-7-22(8-12-24)17-28(18-23-9-13-25(32-5)14-10-23)34(30,31)26-20(3)15-19(2)16-21(26)4/h9-10,13-16,22,24H,6-8,11-12,17-18H2,1-5H3. The fourth-order valence-corrected chi connectivity index (χ4v) is 6.93. The molecular weight excluding hydrogens is 450 g/mol. The van der Waals surface area contributed by atoms with Gasteiger partial charge in [0.25, 0.3) is 0 Å². The fraction of sp³-hybridized carbons (Fsp3) is 0.519. The van der Waals surface area contributed by atoms with E-state index >= 15 is 0 Å². The first-order chi connectivity index (χ1) is 16.1. The monoisotopic (exact) mass is 487 g/mol. The second-order valence-electron chi connectivity index (χ2n) is 9.34. The lowest BCUT2D eigenvalue weighted by atomic mass is 9.82. The van der Waals surface area contributed by atoms with Crippen molar-refractivity contribution in [2.45, 2.75) is 64.8 Å². The van der Waals surface area contributed by atoms with E-state index in [1.165, 1.54) is 0 Å². The van der Waals surface area contributed by atoms with Crippen molar-refractivity contribution in [1.82, 2.24) is 4.31 Å². The molecule has 0 unspecified atom stereocenters. The first kappa shape index (κ1) is 26.2. The number of nitrogens with zero attached hydrogens (tertiary/aromatic N) is 1. The Kier molecular flexibility index (Phi) is 8.77. The minimum absolute atomic E-state index is 0.0792. The van der Waals surface area contributed by atoms with Gasteiger partial charge in [0.1, 0.15) is 5.75 Å². The van der Waals surface area contributed by atoms with Gasteiger partial charge in [0.15, 0.2) is 0 Å². The molecule has 0 bridgehead atoms. The fourth-order valence-electron chi connectivity index (χ4n) is 5.01. The van der Waals surface area contributed by atoms with E-state index in [0.717, 1.165) is 53.7 Å². The van der Waals surface area contributed by atoms with E-state index in [0.29, 0.717) is 18.0 Å². The summed E-state index contributed by atoms with van der Waals surface area (Å²) < 4.78 is 40.0. The van der Waals surface area contributed by atoms with E-state index in [9.17, 15) is 13.2 Å². The van der Waals surface area contributed by atoms with Crippen LogP contribution in [-0.4, -0.2) is 39.0 Å². The molecule has 6 nitrogen and oxygen atoms in total. The molecule has 34 heavy (non-hydrogen) atoms. The highest BCUT2D eigenvalue weighted by Crippen LogP contribution is 2.33. The summed E-state index contributed by atoms with van der Waals surface area (Å²) in [5, 5.41) is 0. The van der Waals surface area contributed by atoms with Gasteiger partial charge in [-0.05, 0) is 88.1 Å². The number of aryl methyl sites for hydroxylation is 3. The third-order valence-electron chi connectivity index (χ3n) is 6.65. The minimum Gasteiger partial charge on any atom is -0.497 e. The maximum Gasteiger partial charge on any atom is 0.308 e. The summed E-state index contributed by atoms with van der Waals surface area (Å²) in [6.07, 6.45) is 3.10. The van der Waals surface area contributed by atoms with Gasteiger partial charge in [-0.3, -0.25) is 4.79 Å². The van der Waals surface area contributed by atoms with Gasteiger partial charge in [-0.1, -0.05) is 29.8 Å². The number of carbonyl (C=O) groups is 1. The molecule has 7 heteroatoms. The van der Waals surface area contributed by atoms with Crippen molar-refractivity contribution in [2.75, 3.05) is 20.3 Å². The number of hydrogen-bond acceptors (Lipinski definition) is 5. The molecule has 186 valence electrons. The minimum atomic E-state index is -3.72. The summed E-state index contributed by atoms with van der Waals surface area (Å²) in [6.45, 7) is 8.63. The molecule has 0 amide bonds. The van der Waals surface area contributed by atoms with Crippen LogP contribution in [0, 0.1) is 32.6 Å². The van der Waals surface area contributed by atoms with Gasteiger partial charge >= 0.3 is 5.97 Å². The summed E-state index contributed by atoms with van der Waals surface area (Å²) in [6, 6.07) is 11.4. The Morgan fingerprint density at radius 1 is 1.00 bits per heavy atom. The van der Waals surface area contributed by atoms with Crippen LogP contribution in [0.4, 0.5) is 0 Å². The van der Waals surface area contributed by atoms with E-state index < -0.39 is 10.0 Å². The summed E-state index contributed by atoms with van der Waals surface area (Å²) in [5.74, 6) is 0.726. The SMILES string of the molecule is CCOC(=O)C1CCC(CN(Cc2ccc(OC)cc2)S(=O)(=O)c2c(C)cc(C)cc2C)CC1. The molecule has 0 radical (unpaired) electrons. The second kappa shape index (κ2) is 11.4. The largest absolute Gasteiger partial charge is 0.497 e. The smallest absolute Gasteiger partial charge is 0.308 e. The second-order valence-corrected chi connectivity index (χ2v) is 11.2. The van der Waals surface area contributed by atoms with Crippen LogP contribution < -0.4 is 4.74 Å². The van der Waals surface area contributed by atoms with E-state index in [1.807, 2.05) is 64.1 Å². The van der Waals surface area contributed by atoms with Crippen molar-refractivity contribution >= 4 is 16.0 Å². The van der Waals surface area contributed by atoms with Crippen LogP contribution in [0.1, 0.15) is 54.9 Å². The van der Waals surface area contributed by atoms with Crippen molar-refractivity contribution in [3.8, 4) is 5.75 Å². The van der Waals surface area contributed by atoms with Crippen LogP contribution >= 0.6 is 0 Å². The zero-order valence-electron chi connectivity index (χ0n) is 21.0. The summed E-state index contributed by atoms with van der Waals surface area (Å²) in [4.78, 5) is 12.5. The van der Waals surface area contributed by atoms with Crippen LogP contribution in [-0.2, 0) is 26.1 Å². The number of carbonyl (C=O) groups excluding carboxylic acids is 1. The molecule has 0 aromatic heterocycles. The Balaban J connectivity index is 1.86. The maximum absolute atomic E-state index is 14.0. The molecule has 2 aromatic rings. The normalized spacial score (nSPS) is 18.6. The van der Waals surface area contributed by atoms with Crippen LogP contribution in [0.25, 0.3) is 0 Å². The van der Waals surface area contributed by atoms with Crippen molar-refractivity contribution in [2.24, 2.45) is 11.8 Å². The number of esters is 1. The highest BCUT2D eigenvalue weighted by molar-refractivity contribution is 7.89. The van der Waals surface area contributed by atoms with Crippen molar-refractivity contribution in [3.63, 3.8) is 0 Å². The van der Waals surface area contributed by atoms with Crippen molar-refractivity contribution in [1.29, 1.82) is 0 Å². The molecule has 0 saturated heterocycles. The molecule has 1 aliphatic carbocycles. The number of sulfonamides is 1. The highest BCUT2D eigenvalue weighted by Gasteiger charge is 2.33. The molecule has 0 heterocycles. The summed E-state index contributed by atoms with van der Waals surface area (Å²) in [5.41, 5.74) is 3.49. The Bertz CT molecular complexity index is 1060. The van der Waals surface area contributed by atoms with Crippen LogP contribution in [0.15, 0.2) is 41.3 Å². The molecule has 1 saturated carbocycles. The number of methoxy groups -OCH3 is 1. The Labute approximate surface area is 204 Å². The predicted octanol–water partition coefficient (Wildman–Crippen LogP) is 5.18. The first-order valence-electron chi connectivity index (χ1n) is 12.0. The van der Waals surface area contributed by atoms with Gasteiger partial charge in [-0.25, -0.2) is 8.42 Å². The van der Waals surface area contributed by atoms with Gasteiger partial charge < -0.3 is 9.47 Å². The van der Waals surface area contributed by atoms with Crippen molar-refractivity contribution < 1.29 is 22.7 Å². The summed E-state index contributed by atoms with van der Waals surface area (Å²) >= 11 is 0. The lowest BCUT2D eigenvalue weighted by molar-refractivity contribution is -0.149. The predicted molar refractivity (Wildman–Crippen MR) is 133 cm³/mol. The Morgan fingerprint density at radius 2 is 1.59 bits per heavy atom. The van der Waals surface area contributed by atoms with Crippen LogP contribution in [0.5, 0.6) is 5.75 Å². The molecule has 0 N–H and O–H groups in total. The van der Waals surface area contributed by atoms with Gasteiger partial charge in [0, 0.05) is 13.1 Å². The zero-order chi connectivity index (χ0) is 24.9. The van der Waals surface area contributed by atoms with Crippen LogP contribution in [0.2, 0.25) is 0 Å². The number of ether oxygens (including phenoxy) is 2. The van der Waals surface area contributed by atoms with Crippen LogP contribution in [0.3, 0.4) is 0 Å². The number of benzene rings is 2. The van der Waals surface area contributed by atoms with Gasteiger partial charge in [-0.2, -0.15) is 4.31 Å². The Hall–Kier alpha value is -2.38. The molecule has 3 rings (SSSR count). The highest BCUT2D eigenvalue weighted by atomic mass is 32.2. The molecule has 1 fully saturated rings. The first-order valence-corrected chi connectivity index (χ1v) is 13.5. The third-order valence-corrected chi connectivity index (χ3v) is 8.77. The zero-order valence-corrected chi connectivity index (χ0v) is 21.8. The van der Waals surface area contributed by atoms with E-state index in [2.05, 4.69) is 0 Å². The maximum atomic E-state index is 14.0. The topological polar surface area (TPSA) is 72.9 Å². The van der Waals surface area contributed by atoms with Crippen molar-refractivity contribution in [3.05, 3.63) is 58.7 Å². The molecular formula is C27H37NO5S. The van der Waals surface area contributed by atoms with Gasteiger partial charge in [-0.15, -0.1) is 0 Å². The lowest BCUT2D eigenvalue weighted by Gasteiger charge is -2.32. The number of rotatable bonds is 9. The molecule has 0 aliphatic heterocycles. The van der Waals surface area contributed by atoms with Gasteiger partial charge in [0.2, 0.25) is 10.0 Å². The van der Waals surface area contributed by atoms with Gasteiger partial charge in [0.05, 0.1) is 24.5 Å². The van der Waals surface area contributed by atoms with E-state index in [1.54, 1.807) is 11.4 Å². The Morgan fingerprint density at radius 3 is 2.12 bits per heavy atom. The number of hydrogen-bond donors (Lipinski definition) is 0. The van der Waals surface area contributed by atoms with E-state index in [-0.39, 0.29) is 24.3 Å². The molecule has 0 spiro atoms. The average Bonchev–Trinajstić information content (AvgIpc) is 2.79. The third kappa shape index (κ3) is 6.19. The molecule has 0 atom stereocenters. The quantitative estimate of drug-likeness (QED) is 0.456. The summed E-state index contributed by atoms with van der Waals surface area (Å²) in [7, 11) is -2.11. The average molecular weight is 488 g/mol. The lowest BCUT2D eigenvalue weighted by Crippen LogP contribution is -2.37. The molecule has 1 aliphatic rings.